The normalized spacial score (nSPS) is 13.7. The van der Waals surface area contributed by atoms with Gasteiger partial charge in [-0.3, -0.25) is 4.79 Å². The van der Waals surface area contributed by atoms with Crippen molar-refractivity contribution in [1.29, 1.82) is 0 Å². The summed E-state index contributed by atoms with van der Waals surface area (Å²) in [6, 6.07) is 11.7. The lowest BCUT2D eigenvalue weighted by molar-refractivity contribution is 0.469. The molecule has 1 aliphatic rings. The number of fused-ring (bicyclic) bond motifs is 2. The number of anilines is 1. The number of rotatable bonds is 4. The molecule has 5 aromatic rings. The van der Waals surface area contributed by atoms with E-state index in [-0.39, 0.29) is 29.7 Å². The van der Waals surface area contributed by atoms with Gasteiger partial charge in [-0.1, -0.05) is 18.2 Å². The first-order valence-electron chi connectivity index (χ1n) is 11.0. The number of halogens is 1. The number of nitrogen functional groups attached to an aromatic ring is 1. The zero-order valence-electron chi connectivity index (χ0n) is 18.4. The third-order valence-corrected chi connectivity index (χ3v) is 6.31. The first kappa shape index (κ1) is 20.3. The van der Waals surface area contributed by atoms with E-state index in [4.69, 9.17) is 5.73 Å². The molecule has 0 amide bonds. The Bertz CT molecular complexity index is 1650. The van der Waals surface area contributed by atoms with E-state index in [9.17, 15) is 14.3 Å². The van der Waals surface area contributed by atoms with Gasteiger partial charge < -0.3 is 15.4 Å². The number of nitrogens with two attached hydrogens (primary N) is 1. The Hall–Kier alpha value is -4.27. The number of aromatic hydroxyl groups is 1. The Morgan fingerprint density at radius 1 is 1.15 bits per heavy atom. The smallest absolute Gasteiger partial charge is 0.259 e. The van der Waals surface area contributed by atoms with Gasteiger partial charge >= 0.3 is 0 Å². The molecule has 1 aliphatic carbocycles. The van der Waals surface area contributed by atoms with Gasteiger partial charge in [0.15, 0.2) is 5.65 Å². The molecule has 0 saturated heterocycles. The van der Waals surface area contributed by atoms with Crippen LogP contribution in [0.5, 0.6) is 5.75 Å². The van der Waals surface area contributed by atoms with E-state index in [1.54, 1.807) is 4.68 Å². The maximum Gasteiger partial charge on any atom is 0.259 e. The van der Waals surface area contributed by atoms with Crippen LogP contribution in [0.15, 0.2) is 53.6 Å². The summed E-state index contributed by atoms with van der Waals surface area (Å²) in [6.07, 6.45) is 3.25. The van der Waals surface area contributed by atoms with Crippen molar-refractivity contribution in [3.63, 3.8) is 0 Å². The van der Waals surface area contributed by atoms with Crippen molar-refractivity contribution >= 4 is 27.6 Å². The van der Waals surface area contributed by atoms with Crippen molar-refractivity contribution < 1.29 is 9.50 Å². The fraction of sp³-hybridized carbons (Fsp3) is 0.200. The second-order valence-electron chi connectivity index (χ2n) is 8.74. The van der Waals surface area contributed by atoms with Gasteiger partial charge in [0.1, 0.15) is 29.4 Å². The van der Waals surface area contributed by atoms with Crippen LogP contribution in [0.2, 0.25) is 0 Å². The number of aryl methyl sites for hydroxylation is 1. The Labute approximate surface area is 193 Å². The van der Waals surface area contributed by atoms with Crippen molar-refractivity contribution in [3.05, 3.63) is 76.2 Å². The molecule has 1 fully saturated rings. The minimum Gasteiger partial charge on any atom is -0.508 e. The van der Waals surface area contributed by atoms with Gasteiger partial charge in [-0.25, -0.2) is 19.0 Å². The Balaban J connectivity index is 1.57. The first-order valence-corrected chi connectivity index (χ1v) is 11.0. The van der Waals surface area contributed by atoms with E-state index in [0.717, 1.165) is 40.9 Å². The van der Waals surface area contributed by atoms with Gasteiger partial charge in [-0.2, -0.15) is 5.10 Å². The molecule has 0 bridgehead atoms. The zero-order chi connectivity index (χ0) is 23.6. The molecular formula is C25H21FN6O2. The fourth-order valence-electron chi connectivity index (χ4n) is 4.66. The van der Waals surface area contributed by atoms with Crippen molar-refractivity contribution in [2.24, 2.45) is 0 Å². The van der Waals surface area contributed by atoms with Crippen LogP contribution in [0.1, 0.15) is 30.1 Å². The van der Waals surface area contributed by atoms with Gasteiger partial charge in [0, 0.05) is 23.4 Å². The summed E-state index contributed by atoms with van der Waals surface area (Å²) in [6.45, 7) is 2.21. The standard InChI is InChI=1S/C25H21FN6O2/c1-13-3-2-4-14-8-18(32(17-5-6-17)25(34)20(13)14)11-31-24-21(23(27)28-12-29-24)22(30-31)15-7-16(26)10-19(33)9-15/h2-4,7-10,12,17,33H,5-6,11H2,1H3,(H2,27,28,29). The summed E-state index contributed by atoms with van der Waals surface area (Å²) >= 11 is 0. The molecule has 170 valence electrons. The summed E-state index contributed by atoms with van der Waals surface area (Å²) in [7, 11) is 0. The number of phenols is 1. The maximum absolute atomic E-state index is 14.0. The number of benzene rings is 2. The second-order valence-corrected chi connectivity index (χ2v) is 8.74. The van der Waals surface area contributed by atoms with Crippen LogP contribution in [-0.2, 0) is 6.54 Å². The minimum absolute atomic E-state index is 0.00558. The molecule has 1 saturated carbocycles. The monoisotopic (exact) mass is 456 g/mol. The molecule has 0 spiro atoms. The zero-order valence-corrected chi connectivity index (χ0v) is 18.4. The highest BCUT2D eigenvalue weighted by molar-refractivity contribution is 5.98. The largest absolute Gasteiger partial charge is 0.508 e. The summed E-state index contributed by atoms with van der Waals surface area (Å²) < 4.78 is 17.6. The molecule has 8 nitrogen and oxygen atoms in total. The molecule has 3 heterocycles. The molecule has 3 N–H and O–H groups in total. The van der Waals surface area contributed by atoms with Crippen LogP contribution in [0.3, 0.4) is 0 Å². The SMILES string of the molecule is Cc1cccc2cc(Cn3nc(-c4cc(O)cc(F)c4)c4c(N)ncnc43)n(C3CC3)c(=O)c12. The third kappa shape index (κ3) is 3.20. The van der Waals surface area contributed by atoms with Gasteiger partial charge in [-0.15, -0.1) is 0 Å². The van der Waals surface area contributed by atoms with Gasteiger partial charge in [0.2, 0.25) is 0 Å². The number of hydrogen-bond acceptors (Lipinski definition) is 6. The maximum atomic E-state index is 14.0. The average Bonchev–Trinajstić information content (AvgIpc) is 3.54. The molecule has 0 aliphatic heterocycles. The van der Waals surface area contributed by atoms with E-state index < -0.39 is 5.82 Å². The van der Waals surface area contributed by atoms with Crippen molar-refractivity contribution in [3.8, 4) is 17.0 Å². The number of aromatic nitrogens is 5. The number of phenolic OH excluding ortho intramolecular Hbond substituents is 1. The van der Waals surface area contributed by atoms with E-state index in [2.05, 4.69) is 15.1 Å². The number of pyridine rings is 1. The molecule has 6 rings (SSSR count). The summed E-state index contributed by atoms with van der Waals surface area (Å²) in [5, 5.41) is 16.7. The Morgan fingerprint density at radius 2 is 1.97 bits per heavy atom. The van der Waals surface area contributed by atoms with Crippen LogP contribution in [0.4, 0.5) is 10.2 Å². The molecule has 3 aromatic heterocycles. The van der Waals surface area contributed by atoms with Crippen molar-refractivity contribution in [2.75, 3.05) is 5.73 Å². The first-order chi connectivity index (χ1) is 16.4. The summed E-state index contributed by atoms with van der Waals surface area (Å²) in [4.78, 5) is 21.9. The second kappa shape index (κ2) is 7.38. The summed E-state index contributed by atoms with van der Waals surface area (Å²) in [5.41, 5.74) is 9.09. The average molecular weight is 456 g/mol. The lowest BCUT2D eigenvalue weighted by Crippen LogP contribution is -2.25. The molecular weight excluding hydrogens is 435 g/mol. The predicted octanol–water partition coefficient (Wildman–Crippen LogP) is 3.93. The predicted molar refractivity (Wildman–Crippen MR) is 127 cm³/mol. The van der Waals surface area contributed by atoms with Crippen LogP contribution in [-0.4, -0.2) is 29.4 Å². The van der Waals surface area contributed by atoms with Crippen LogP contribution < -0.4 is 11.3 Å². The highest BCUT2D eigenvalue weighted by Gasteiger charge is 2.28. The topological polar surface area (TPSA) is 112 Å². The quantitative estimate of drug-likeness (QED) is 0.424. The lowest BCUT2D eigenvalue weighted by Gasteiger charge is -2.15. The minimum atomic E-state index is -0.597. The lowest BCUT2D eigenvalue weighted by atomic mass is 10.1. The molecule has 0 atom stereocenters. The molecule has 0 radical (unpaired) electrons. The molecule has 0 unspecified atom stereocenters. The van der Waals surface area contributed by atoms with Crippen LogP contribution >= 0.6 is 0 Å². The van der Waals surface area contributed by atoms with E-state index >= 15 is 0 Å². The summed E-state index contributed by atoms with van der Waals surface area (Å²) in [5.74, 6) is -0.620. The highest BCUT2D eigenvalue weighted by atomic mass is 19.1. The Kier molecular flexibility index (Phi) is 4.41. The van der Waals surface area contributed by atoms with Gasteiger partial charge in [0.05, 0.1) is 17.3 Å². The number of hydrogen-bond donors (Lipinski definition) is 2. The molecule has 2 aromatic carbocycles. The fourth-order valence-corrected chi connectivity index (χ4v) is 4.66. The van der Waals surface area contributed by atoms with Crippen LogP contribution in [0, 0.1) is 12.7 Å². The van der Waals surface area contributed by atoms with Gasteiger partial charge in [-0.05, 0) is 48.9 Å². The highest BCUT2D eigenvalue weighted by Crippen LogP contribution is 2.37. The number of nitrogens with zero attached hydrogens (tertiary/aromatic N) is 5. The molecule has 34 heavy (non-hydrogen) atoms. The van der Waals surface area contributed by atoms with Crippen molar-refractivity contribution in [2.45, 2.75) is 32.4 Å². The van der Waals surface area contributed by atoms with E-state index in [1.165, 1.54) is 18.5 Å². The third-order valence-electron chi connectivity index (χ3n) is 6.31. The Morgan fingerprint density at radius 3 is 2.74 bits per heavy atom. The van der Waals surface area contributed by atoms with E-state index in [1.807, 2.05) is 35.8 Å². The van der Waals surface area contributed by atoms with Gasteiger partial charge in [0.25, 0.3) is 5.56 Å². The molecule has 9 heteroatoms. The van der Waals surface area contributed by atoms with E-state index in [0.29, 0.717) is 22.3 Å². The van der Waals surface area contributed by atoms with Crippen LogP contribution in [0.25, 0.3) is 33.1 Å². The van der Waals surface area contributed by atoms with Crippen molar-refractivity contribution in [1.82, 2.24) is 24.3 Å².